The third kappa shape index (κ3) is 3.14. The Morgan fingerprint density at radius 2 is 2.24 bits per heavy atom. The van der Waals surface area contributed by atoms with Gasteiger partial charge in [0.25, 0.3) is 0 Å². The Kier molecular flexibility index (Phi) is 3.88. The van der Waals surface area contributed by atoms with E-state index in [2.05, 4.69) is 16.9 Å². The molecule has 17 heavy (non-hydrogen) atoms. The van der Waals surface area contributed by atoms with E-state index in [0.29, 0.717) is 6.61 Å². The first kappa shape index (κ1) is 11.8. The van der Waals surface area contributed by atoms with E-state index in [-0.39, 0.29) is 0 Å². The molecule has 4 heteroatoms. The monoisotopic (exact) mass is 246 g/mol. The van der Waals surface area contributed by atoms with Gasteiger partial charge in [-0.05, 0) is 24.6 Å². The molecule has 2 aromatic rings. The summed E-state index contributed by atoms with van der Waals surface area (Å²) < 4.78 is 6.35. The average Bonchev–Trinajstić information content (AvgIpc) is 2.37. The molecule has 0 aliphatic heterocycles. The first-order valence-electron chi connectivity index (χ1n) is 5.56. The fourth-order valence-corrected chi connectivity index (χ4v) is 1.66. The van der Waals surface area contributed by atoms with Gasteiger partial charge in [0.15, 0.2) is 0 Å². The number of H-pyrrole nitrogens is 1. The molecule has 0 saturated carbocycles. The zero-order chi connectivity index (χ0) is 12.1. The van der Waals surface area contributed by atoms with Crippen LogP contribution in [0.25, 0.3) is 11.3 Å². The van der Waals surface area contributed by atoms with Crippen molar-refractivity contribution in [1.82, 2.24) is 9.97 Å². The van der Waals surface area contributed by atoms with Gasteiger partial charge in [0.2, 0.25) is 0 Å². The second kappa shape index (κ2) is 5.59. The van der Waals surface area contributed by atoms with E-state index >= 15 is 0 Å². The molecule has 2 rings (SSSR count). The molecule has 0 amide bonds. The number of hydrogen-bond donors (Lipinski definition) is 1. The summed E-state index contributed by atoms with van der Waals surface area (Å²) in [6.07, 6.45) is 6.32. The second-order valence-electron chi connectivity index (χ2n) is 3.70. The van der Waals surface area contributed by atoms with Gasteiger partial charge in [0.05, 0.1) is 12.8 Å². The van der Waals surface area contributed by atoms with Crippen molar-refractivity contribution in [2.45, 2.75) is 13.3 Å². The SMILES string of the molecule is CCCOc1cncc(-c2cc(=S)cc[nH]2)c1. The predicted octanol–water partition coefficient (Wildman–Crippen LogP) is 3.59. The summed E-state index contributed by atoms with van der Waals surface area (Å²) in [5.41, 5.74) is 1.93. The smallest absolute Gasteiger partial charge is 0.138 e. The number of aromatic amines is 1. The van der Waals surface area contributed by atoms with Gasteiger partial charge in [0.1, 0.15) is 5.75 Å². The minimum absolute atomic E-state index is 0.704. The maximum Gasteiger partial charge on any atom is 0.138 e. The molecule has 0 radical (unpaired) electrons. The Labute approximate surface area is 105 Å². The van der Waals surface area contributed by atoms with Crippen molar-refractivity contribution in [3.05, 3.63) is 41.3 Å². The van der Waals surface area contributed by atoms with Gasteiger partial charge in [-0.1, -0.05) is 19.1 Å². The molecule has 3 nitrogen and oxygen atoms in total. The van der Waals surface area contributed by atoms with E-state index in [1.54, 1.807) is 12.4 Å². The van der Waals surface area contributed by atoms with Gasteiger partial charge in [-0.2, -0.15) is 0 Å². The van der Waals surface area contributed by atoms with Crippen molar-refractivity contribution < 1.29 is 4.74 Å². The summed E-state index contributed by atoms with van der Waals surface area (Å²) in [6, 6.07) is 5.73. The molecule has 0 atom stereocenters. The number of ether oxygens (including phenoxy) is 1. The molecular formula is C13H14N2OS. The molecule has 88 valence electrons. The summed E-state index contributed by atoms with van der Waals surface area (Å²) in [5, 5.41) is 0. The summed E-state index contributed by atoms with van der Waals surface area (Å²) >= 11 is 5.13. The Hall–Kier alpha value is -1.68. The maximum atomic E-state index is 5.55. The third-order valence-electron chi connectivity index (χ3n) is 2.27. The van der Waals surface area contributed by atoms with Crippen LogP contribution in [-0.2, 0) is 0 Å². The van der Waals surface area contributed by atoms with Crippen molar-refractivity contribution >= 4 is 12.2 Å². The Bertz CT molecular complexity index is 551. The molecule has 2 heterocycles. The molecule has 0 spiro atoms. The highest BCUT2D eigenvalue weighted by molar-refractivity contribution is 7.71. The Morgan fingerprint density at radius 1 is 1.35 bits per heavy atom. The van der Waals surface area contributed by atoms with Gasteiger partial charge in [-0.15, -0.1) is 0 Å². The lowest BCUT2D eigenvalue weighted by molar-refractivity contribution is 0.316. The minimum Gasteiger partial charge on any atom is -0.492 e. The number of nitrogens with zero attached hydrogens (tertiary/aromatic N) is 1. The van der Waals surface area contributed by atoms with Crippen LogP contribution in [0.5, 0.6) is 5.75 Å². The fraction of sp³-hybridized carbons (Fsp3) is 0.231. The van der Waals surface area contributed by atoms with E-state index in [0.717, 1.165) is 27.9 Å². The lowest BCUT2D eigenvalue weighted by Crippen LogP contribution is -1.96. The van der Waals surface area contributed by atoms with Crippen LogP contribution in [0.15, 0.2) is 36.8 Å². The molecule has 0 unspecified atom stereocenters. The highest BCUT2D eigenvalue weighted by atomic mass is 32.1. The van der Waals surface area contributed by atoms with E-state index in [4.69, 9.17) is 17.0 Å². The normalized spacial score (nSPS) is 10.2. The molecule has 0 fully saturated rings. The second-order valence-corrected chi connectivity index (χ2v) is 4.17. The minimum atomic E-state index is 0.704. The van der Waals surface area contributed by atoms with E-state index < -0.39 is 0 Å². The highest BCUT2D eigenvalue weighted by Gasteiger charge is 2.00. The molecule has 1 N–H and O–H groups in total. The van der Waals surface area contributed by atoms with Crippen LogP contribution in [0.4, 0.5) is 0 Å². The molecule has 2 aromatic heterocycles. The van der Waals surface area contributed by atoms with Crippen molar-refractivity contribution in [2.24, 2.45) is 0 Å². The topological polar surface area (TPSA) is 37.9 Å². The van der Waals surface area contributed by atoms with Crippen LogP contribution < -0.4 is 4.74 Å². The van der Waals surface area contributed by atoms with Crippen LogP contribution in [0.1, 0.15) is 13.3 Å². The number of hydrogen-bond acceptors (Lipinski definition) is 3. The van der Waals surface area contributed by atoms with Gasteiger partial charge in [-0.3, -0.25) is 4.98 Å². The number of rotatable bonds is 4. The van der Waals surface area contributed by atoms with Crippen LogP contribution in [0.3, 0.4) is 0 Å². The van der Waals surface area contributed by atoms with Gasteiger partial charge < -0.3 is 9.72 Å². The molecule has 0 aliphatic carbocycles. The fourth-order valence-electron chi connectivity index (χ4n) is 1.48. The number of pyridine rings is 2. The predicted molar refractivity (Wildman–Crippen MR) is 70.6 cm³/mol. The highest BCUT2D eigenvalue weighted by Crippen LogP contribution is 2.20. The van der Waals surface area contributed by atoms with Crippen molar-refractivity contribution in [1.29, 1.82) is 0 Å². The first-order valence-corrected chi connectivity index (χ1v) is 5.97. The van der Waals surface area contributed by atoms with E-state index in [9.17, 15) is 0 Å². The standard InChI is InChI=1S/C13H14N2OS/c1-2-5-16-11-6-10(8-14-9-11)13-7-12(17)3-4-15-13/h3-4,6-9H,2,5H2,1H3,(H,15,17). The van der Waals surface area contributed by atoms with Crippen LogP contribution >= 0.6 is 12.2 Å². The number of aromatic nitrogens is 2. The van der Waals surface area contributed by atoms with Crippen LogP contribution in [0.2, 0.25) is 0 Å². The molecule has 0 bridgehead atoms. The zero-order valence-corrected chi connectivity index (χ0v) is 10.5. The first-order chi connectivity index (χ1) is 8.29. The maximum absolute atomic E-state index is 5.55. The van der Waals surface area contributed by atoms with E-state index in [1.807, 2.05) is 24.4 Å². The quantitative estimate of drug-likeness (QED) is 0.838. The van der Waals surface area contributed by atoms with Crippen molar-refractivity contribution in [3.8, 4) is 17.0 Å². The number of nitrogens with one attached hydrogen (secondary N) is 1. The Balaban J connectivity index is 2.29. The van der Waals surface area contributed by atoms with Gasteiger partial charge in [0, 0.05) is 28.2 Å². The largest absolute Gasteiger partial charge is 0.492 e. The molecule has 0 aliphatic rings. The lowest BCUT2D eigenvalue weighted by atomic mass is 10.2. The van der Waals surface area contributed by atoms with Crippen molar-refractivity contribution in [2.75, 3.05) is 6.61 Å². The average molecular weight is 246 g/mol. The zero-order valence-electron chi connectivity index (χ0n) is 9.64. The summed E-state index contributed by atoms with van der Waals surface area (Å²) in [4.78, 5) is 7.31. The third-order valence-corrected chi connectivity index (χ3v) is 2.52. The molecule has 0 saturated heterocycles. The van der Waals surface area contributed by atoms with Crippen LogP contribution in [-0.4, -0.2) is 16.6 Å². The van der Waals surface area contributed by atoms with Gasteiger partial charge in [-0.25, -0.2) is 0 Å². The lowest BCUT2D eigenvalue weighted by Gasteiger charge is -2.06. The molecular weight excluding hydrogens is 232 g/mol. The van der Waals surface area contributed by atoms with Crippen molar-refractivity contribution in [3.63, 3.8) is 0 Å². The van der Waals surface area contributed by atoms with Gasteiger partial charge >= 0.3 is 0 Å². The van der Waals surface area contributed by atoms with Crippen LogP contribution in [0, 0.1) is 4.51 Å². The summed E-state index contributed by atoms with van der Waals surface area (Å²) in [5.74, 6) is 0.785. The molecule has 0 aromatic carbocycles. The van der Waals surface area contributed by atoms with E-state index in [1.165, 1.54) is 0 Å². The Morgan fingerprint density at radius 3 is 3.00 bits per heavy atom. The summed E-state index contributed by atoms with van der Waals surface area (Å²) in [6.45, 7) is 2.78. The summed E-state index contributed by atoms with van der Waals surface area (Å²) in [7, 11) is 0.